The Hall–Kier alpha value is -1.10. The van der Waals surface area contributed by atoms with Crippen molar-refractivity contribution in [2.24, 2.45) is 16.8 Å². The second-order valence-corrected chi connectivity index (χ2v) is 5.61. The van der Waals surface area contributed by atoms with Crippen LogP contribution in [-0.4, -0.2) is 11.8 Å². The second kappa shape index (κ2) is 7.62. The lowest BCUT2D eigenvalue weighted by Crippen LogP contribution is -2.18. The molecule has 0 amide bonds. The molecule has 1 aromatic rings. The van der Waals surface area contributed by atoms with Crippen molar-refractivity contribution >= 4 is 17.3 Å². The quantitative estimate of drug-likeness (QED) is 0.377. The third kappa shape index (κ3) is 4.47. The van der Waals surface area contributed by atoms with E-state index in [1.807, 2.05) is 24.3 Å². The van der Waals surface area contributed by atoms with Crippen LogP contribution in [-0.2, 0) is 16.5 Å². The summed E-state index contributed by atoms with van der Waals surface area (Å²) in [5.41, 5.74) is 7.95. The van der Waals surface area contributed by atoms with Gasteiger partial charge >= 0.3 is 0 Å². The van der Waals surface area contributed by atoms with Crippen molar-refractivity contribution < 1.29 is 9.88 Å². The Kier molecular flexibility index (Phi) is 5.83. The molecule has 0 unspecified atom stereocenters. The number of rotatable bonds is 6. The van der Waals surface area contributed by atoms with Crippen molar-refractivity contribution in [3.05, 3.63) is 34.9 Å². The first-order valence-electron chi connectivity index (χ1n) is 7.04. The molecule has 1 fully saturated rings. The standard InChI is InChI=1S/C15H21ClN2O2/c1-2-15(12-5-8-14(17)9-12)18-20-19-10-11-3-6-13(16)7-4-11/h3-4,6-7,12,14H,2,5,8-10,17H2,1H3/b18-15+/t12-,14+/m0/s1. The van der Waals surface area contributed by atoms with Crippen LogP contribution in [0.25, 0.3) is 0 Å². The SMILES string of the molecule is CC/C(=N\OOCc1ccc(Cl)cc1)[C@H]1CC[C@@H](N)C1. The second-order valence-electron chi connectivity index (χ2n) is 5.17. The summed E-state index contributed by atoms with van der Waals surface area (Å²) >= 11 is 5.81. The van der Waals surface area contributed by atoms with Gasteiger partial charge < -0.3 is 5.73 Å². The number of nitrogens with zero attached hydrogens (tertiary/aromatic N) is 1. The molecule has 4 nitrogen and oxygen atoms in total. The lowest BCUT2D eigenvalue weighted by Gasteiger charge is -2.10. The zero-order valence-corrected chi connectivity index (χ0v) is 12.5. The van der Waals surface area contributed by atoms with E-state index >= 15 is 0 Å². The zero-order valence-electron chi connectivity index (χ0n) is 11.7. The summed E-state index contributed by atoms with van der Waals surface area (Å²) in [6, 6.07) is 7.73. The highest BCUT2D eigenvalue weighted by Gasteiger charge is 2.25. The van der Waals surface area contributed by atoms with Gasteiger partial charge in [0.05, 0.1) is 5.71 Å². The van der Waals surface area contributed by atoms with Crippen LogP contribution in [0, 0.1) is 5.92 Å². The summed E-state index contributed by atoms with van der Waals surface area (Å²) in [6.45, 7) is 2.42. The molecule has 20 heavy (non-hydrogen) atoms. The van der Waals surface area contributed by atoms with Crippen LogP contribution in [0.4, 0.5) is 0 Å². The van der Waals surface area contributed by atoms with E-state index in [1.165, 1.54) is 0 Å². The minimum absolute atomic E-state index is 0.298. The summed E-state index contributed by atoms with van der Waals surface area (Å²) in [5.74, 6) is 0.439. The normalized spacial score (nSPS) is 23.1. The molecule has 0 saturated heterocycles. The minimum atomic E-state index is 0.298. The highest BCUT2D eigenvalue weighted by molar-refractivity contribution is 6.30. The summed E-state index contributed by atoms with van der Waals surface area (Å²) in [7, 11) is 0. The van der Waals surface area contributed by atoms with Crippen molar-refractivity contribution in [1.29, 1.82) is 0 Å². The zero-order chi connectivity index (χ0) is 14.4. The fraction of sp³-hybridized carbons (Fsp3) is 0.533. The summed E-state index contributed by atoms with van der Waals surface area (Å²) in [5, 5.41) is 4.81. The molecule has 2 atom stereocenters. The van der Waals surface area contributed by atoms with Crippen LogP contribution in [0.3, 0.4) is 0 Å². The highest BCUT2D eigenvalue weighted by atomic mass is 35.5. The Morgan fingerprint density at radius 2 is 2.10 bits per heavy atom. The van der Waals surface area contributed by atoms with Crippen molar-refractivity contribution in [3.63, 3.8) is 0 Å². The largest absolute Gasteiger partial charge is 0.328 e. The van der Waals surface area contributed by atoms with E-state index in [-0.39, 0.29) is 0 Å². The van der Waals surface area contributed by atoms with Gasteiger partial charge in [0.15, 0.2) is 0 Å². The predicted molar refractivity (Wildman–Crippen MR) is 80.4 cm³/mol. The predicted octanol–water partition coefficient (Wildman–Crippen LogP) is 3.68. The number of nitrogens with two attached hydrogens (primary N) is 1. The van der Waals surface area contributed by atoms with Crippen LogP contribution in [0.2, 0.25) is 5.02 Å². The van der Waals surface area contributed by atoms with Gasteiger partial charge in [-0.25, -0.2) is 4.99 Å². The van der Waals surface area contributed by atoms with Crippen molar-refractivity contribution in [1.82, 2.24) is 0 Å². The Morgan fingerprint density at radius 1 is 1.35 bits per heavy atom. The van der Waals surface area contributed by atoms with E-state index in [0.717, 1.165) is 37.0 Å². The molecule has 0 aliphatic heterocycles. The van der Waals surface area contributed by atoms with Gasteiger partial charge in [-0.1, -0.05) is 35.8 Å². The molecule has 0 radical (unpaired) electrons. The molecule has 1 aromatic carbocycles. The van der Waals surface area contributed by atoms with Crippen LogP contribution in [0.5, 0.6) is 0 Å². The number of oxime groups is 1. The molecule has 0 spiro atoms. The smallest absolute Gasteiger partial charge is 0.122 e. The van der Waals surface area contributed by atoms with E-state index < -0.39 is 0 Å². The third-order valence-corrected chi connectivity index (χ3v) is 3.90. The molecular weight excluding hydrogens is 276 g/mol. The van der Waals surface area contributed by atoms with Gasteiger partial charge in [0, 0.05) is 17.0 Å². The van der Waals surface area contributed by atoms with E-state index in [4.69, 9.17) is 27.2 Å². The van der Waals surface area contributed by atoms with Gasteiger partial charge in [0.1, 0.15) is 6.61 Å². The van der Waals surface area contributed by atoms with Gasteiger partial charge in [-0.2, -0.15) is 4.89 Å². The van der Waals surface area contributed by atoms with Gasteiger partial charge in [0.2, 0.25) is 0 Å². The third-order valence-electron chi connectivity index (χ3n) is 3.65. The Morgan fingerprint density at radius 3 is 2.70 bits per heavy atom. The average molecular weight is 297 g/mol. The van der Waals surface area contributed by atoms with Gasteiger partial charge in [0.25, 0.3) is 0 Å². The van der Waals surface area contributed by atoms with E-state index in [0.29, 0.717) is 23.6 Å². The Bertz CT molecular complexity index is 448. The molecule has 0 bridgehead atoms. The molecule has 1 aliphatic rings. The fourth-order valence-electron chi connectivity index (χ4n) is 2.50. The maximum absolute atomic E-state index is 5.92. The number of hydrogen-bond donors (Lipinski definition) is 1. The molecule has 2 N–H and O–H groups in total. The van der Waals surface area contributed by atoms with Crippen LogP contribution in [0.1, 0.15) is 38.2 Å². The maximum Gasteiger partial charge on any atom is 0.122 e. The van der Waals surface area contributed by atoms with Gasteiger partial charge in [-0.05, 0) is 43.4 Å². The first-order chi connectivity index (χ1) is 9.69. The molecule has 2 rings (SSSR count). The topological polar surface area (TPSA) is 56.8 Å². The number of hydrogen-bond acceptors (Lipinski definition) is 4. The highest BCUT2D eigenvalue weighted by Crippen LogP contribution is 2.26. The van der Waals surface area contributed by atoms with E-state index in [2.05, 4.69) is 12.1 Å². The molecule has 1 aliphatic carbocycles. The summed E-state index contributed by atoms with van der Waals surface area (Å²) < 4.78 is 0. The lowest BCUT2D eigenvalue weighted by molar-refractivity contribution is -0.305. The molecule has 1 saturated carbocycles. The minimum Gasteiger partial charge on any atom is -0.328 e. The monoisotopic (exact) mass is 296 g/mol. The molecular formula is C15H21ClN2O2. The van der Waals surface area contributed by atoms with Crippen LogP contribution in [0.15, 0.2) is 29.4 Å². The van der Waals surface area contributed by atoms with Crippen molar-refractivity contribution in [2.75, 3.05) is 0 Å². The Balaban J connectivity index is 1.77. The summed E-state index contributed by atoms with van der Waals surface area (Å²) in [4.78, 5) is 10.1. The number of halogens is 1. The summed E-state index contributed by atoms with van der Waals surface area (Å²) in [6.07, 6.45) is 4.01. The average Bonchev–Trinajstić information content (AvgIpc) is 2.87. The Labute approximate surface area is 124 Å². The van der Waals surface area contributed by atoms with Crippen LogP contribution < -0.4 is 5.73 Å². The van der Waals surface area contributed by atoms with Crippen molar-refractivity contribution in [2.45, 2.75) is 45.3 Å². The molecule has 110 valence electrons. The molecule has 0 aromatic heterocycles. The van der Waals surface area contributed by atoms with Crippen LogP contribution >= 0.6 is 11.6 Å². The fourth-order valence-corrected chi connectivity index (χ4v) is 2.62. The van der Waals surface area contributed by atoms with E-state index in [9.17, 15) is 0 Å². The number of benzene rings is 1. The molecule has 5 heteroatoms. The lowest BCUT2D eigenvalue weighted by atomic mass is 10.00. The molecule has 0 heterocycles. The first-order valence-corrected chi connectivity index (χ1v) is 7.42. The maximum atomic E-state index is 5.92. The van der Waals surface area contributed by atoms with E-state index in [1.54, 1.807) is 0 Å². The van der Waals surface area contributed by atoms with Crippen molar-refractivity contribution in [3.8, 4) is 0 Å². The first kappa shape index (κ1) is 15.3. The van der Waals surface area contributed by atoms with Gasteiger partial charge in [-0.3, -0.25) is 0 Å². The van der Waals surface area contributed by atoms with Gasteiger partial charge in [-0.15, -0.1) is 0 Å².